The van der Waals surface area contributed by atoms with Gasteiger partial charge in [0.2, 0.25) is 0 Å². The van der Waals surface area contributed by atoms with Crippen LogP contribution in [0, 0.1) is 5.82 Å². The van der Waals surface area contributed by atoms with Gasteiger partial charge in [0.05, 0.1) is 4.91 Å². The van der Waals surface area contributed by atoms with Crippen LogP contribution in [0.1, 0.15) is 11.1 Å². The number of amides is 1. The van der Waals surface area contributed by atoms with E-state index in [9.17, 15) is 9.18 Å². The van der Waals surface area contributed by atoms with Gasteiger partial charge in [-0.25, -0.2) is 4.39 Å². The predicted molar refractivity (Wildman–Crippen MR) is 103 cm³/mol. The quantitative estimate of drug-likeness (QED) is 0.546. The van der Waals surface area contributed by atoms with E-state index < -0.39 is 0 Å². The average molecular weight is 394 g/mol. The molecule has 1 heterocycles. The smallest absolute Gasteiger partial charge is 0.265 e. The lowest BCUT2D eigenvalue weighted by Crippen LogP contribution is -2.22. The van der Waals surface area contributed by atoms with E-state index in [-0.39, 0.29) is 18.3 Å². The van der Waals surface area contributed by atoms with Crippen molar-refractivity contribution in [1.82, 2.24) is 4.90 Å². The number of halogens is 2. The van der Waals surface area contributed by atoms with E-state index in [1.165, 1.54) is 22.7 Å². The molecule has 0 aliphatic carbocycles. The standard InChI is InChI=1S/C18H13ClFNO2S2/c1-21-17(22)16(25-18(21)24)9-12-8-13(19)6-7-15(12)23-10-11-4-2-3-5-14(11)20/h2-9H,10H2,1H3/b16-9-. The predicted octanol–water partition coefficient (Wildman–Crippen LogP) is 4.89. The number of thioether (sulfide) groups is 1. The van der Waals surface area contributed by atoms with E-state index in [1.54, 1.807) is 49.5 Å². The summed E-state index contributed by atoms with van der Waals surface area (Å²) >= 11 is 12.4. The Bertz CT molecular complexity index is 885. The van der Waals surface area contributed by atoms with Crippen LogP contribution in [0.3, 0.4) is 0 Å². The fourth-order valence-electron chi connectivity index (χ4n) is 2.22. The van der Waals surface area contributed by atoms with Crippen LogP contribution < -0.4 is 4.74 Å². The van der Waals surface area contributed by atoms with Gasteiger partial charge in [0.15, 0.2) is 0 Å². The Morgan fingerprint density at radius 1 is 1.32 bits per heavy atom. The molecule has 0 aromatic heterocycles. The summed E-state index contributed by atoms with van der Waals surface area (Å²) < 4.78 is 20.0. The number of carbonyl (C=O) groups is 1. The molecule has 0 unspecified atom stereocenters. The van der Waals surface area contributed by atoms with Gasteiger partial charge in [0.25, 0.3) is 5.91 Å². The van der Waals surface area contributed by atoms with Crippen molar-refractivity contribution in [2.45, 2.75) is 6.61 Å². The molecule has 1 aliphatic heterocycles. The fourth-order valence-corrected chi connectivity index (χ4v) is 3.57. The zero-order valence-corrected chi connectivity index (χ0v) is 15.6. The highest BCUT2D eigenvalue weighted by molar-refractivity contribution is 8.26. The number of benzene rings is 2. The first-order valence-corrected chi connectivity index (χ1v) is 8.93. The van der Waals surface area contributed by atoms with Gasteiger partial charge in [0, 0.05) is 23.2 Å². The van der Waals surface area contributed by atoms with Crippen LogP contribution in [0.15, 0.2) is 47.4 Å². The van der Waals surface area contributed by atoms with E-state index >= 15 is 0 Å². The highest BCUT2D eigenvalue weighted by atomic mass is 35.5. The van der Waals surface area contributed by atoms with Gasteiger partial charge in [0.1, 0.15) is 22.5 Å². The minimum absolute atomic E-state index is 0.0733. The summed E-state index contributed by atoms with van der Waals surface area (Å²) in [5.74, 6) is 0.00826. The van der Waals surface area contributed by atoms with Crippen LogP contribution in [0.5, 0.6) is 5.75 Å². The largest absolute Gasteiger partial charge is 0.488 e. The zero-order chi connectivity index (χ0) is 18.0. The van der Waals surface area contributed by atoms with Crippen molar-refractivity contribution in [3.63, 3.8) is 0 Å². The van der Waals surface area contributed by atoms with Crippen molar-refractivity contribution < 1.29 is 13.9 Å². The first-order valence-electron chi connectivity index (χ1n) is 7.33. The Kier molecular flexibility index (Phi) is 5.42. The van der Waals surface area contributed by atoms with Crippen molar-refractivity contribution in [2.75, 3.05) is 7.05 Å². The number of nitrogens with zero attached hydrogens (tertiary/aromatic N) is 1. The molecule has 0 bridgehead atoms. The molecule has 128 valence electrons. The second-order valence-corrected chi connectivity index (χ2v) is 7.42. The van der Waals surface area contributed by atoms with Gasteiger partial charge < -0.3 is 4.74 Å². The molecule has 2 aromatic carbocycles. The molecule has 25 heavy (non-hydrogen) atoms. The lowest BCUT2D eigenvalue weighted by molar-refractivity contribution is -0.121. The summed E-state index contributed by atoms with van der Waals surface area (Å²) in [5, 5.41) is 0.511. The number of ether oxygens (including phenoxy) is 1. The lowest BCUT2D eigenvalue weighted by atomic mass is 10.1. The molecule has 7 heteroatoms. The van der Waals surface area contributed by atoms with Crippen molar-refractivity contribution in [3.8, 4) is 5.75 Å². The van der Waals surface area contributed by atoms with Crippen LogP contribution in [0.25, 0.3) is 6.08 Å². The molecule has 3 nitrogen and oxygen atoms in total. The maximum atomic E-state index is 13.7. The van der Waals surface area contributed by atoms with Gasteiger partial charge in [-0.2, -0.15) is 0 Å². The fraction of sp³-hybridized carbons (Fsp3) is 0.111. The molecule has 0 spiro atoms. The number of hydrogen-bond acceptors (Lipinski definition) is 4. The maximum absolute atomic E-state index is 13.7. The molecular weight excluding hydrogens is 381 g/mol. The van der Waals surface area contributed by atoms with Crippen LogP contribution >= 0.6 is 35.6 Å². The third-order valence-corrected chi connectivity index (χ3v) is 5.31. The topological polar surface area (TPSA) is 29.5 Å². The van der Waals surface area contributed by atoms with Crippen molar-refractivity contribution >= 4 is 51.9 Å². The van der Waals surface area contributed by atoms with Crippen LogP contribution in [0.4, 0.5) is 4.39 Å². The molecule has 0 N–H and O–H groups in total. The van der Waals surface area contributed by atoms with Crippen molar-refractivity contribution in [3.05, 3.63) is 69.3 Å². The number of hydrogen-bond donors (Lipinski definition) is 0. The summed E-state index contributed by atoms with van der Waals surface area (Å²) in [6.45, 7) is 0.0733. The summed E-state index contributed by atoms with van der Waals surface area (Å²) in [4.78, 5) is 14.1. The molecule has 1 amide bonds. The van der Waals surface area contributed by atoms with Gasteiger partial charge in [-0.3, -0.25) is 9.69 Å². The van der Waals surface area contributed by atoms with E-state index in [2.05, 4.69) is 0 Å². The van der Waals surface area contributed by atoms with Crippen molar-refractivity contribution in [2.24, 2.45) is 0 Å². The van der Waals surface area contributed by atoms with E-state index in [0.717, 1.165) is 0 Å². The maximum Gasteiger partial charge on any atom is 0.265 e. The summed E-state index contributed by atoms with van der Waals surface area (Å²) in [6, 6.07) is 11.5. The Morgan fingerprint density at radius 2 is 2.08 bits per heavy atom. The molecule has 0 atom stereocenters. The lowest BCUT2D eigenvalue weighted by Gasteiger charge is -2.11. The summed E-state index contributed by atoms with van der Waals surface area (Å²) in [5.41, 5.74) is 1.08. The molecule has 2 aromatic rings. The monoisotopic (exact) mass is 393 g/mol. The number of carbonyl (C=O) groups excluding carboxylic acids is 1. The molecule has 1 saturated heterocycles. The van der Waals surface area contributed by atoms with Gasteiger partial charge >= 0.3 is 0 Å². The molecule has 0 radical (unpaired) electrons. The molecule has 1 aliphatic rings. The van der Waals surface area contributed by atoms with Gasteiger partial charge in [-0.05, 0) is 30.3 Å². The highest BCUT2D eigenvalue weighted by Crippen LogP contribution is 2.34. The Balaban J connectivity index is 1.88. The van der Waals surface area contributed by atoms with Crippen molar-refractivity contribution in [1.29, 1.82) is 0 Å². The third kappa shape index (κ3) is 4.03. The van der Waals surface area contributed by atoms with E-state index in [4.69, 9.17) is 28.6 Å². The van der Waals surface area contributed by atoms with Gasteiger partial charge in [-0.15, -0.1) is 0 Å². The summed E-state index contributed by atoms with van der Waals surface area (Å²) in [6.07, 6.45) is 1.69. The average Bonchev–Trinajstić information content (AvgIpc) is 2.82. The molecule has 3 rings (SSSR count). The normalized spacial score (nSPS) is 16.0. The number of likely N-dealkylation sites (N-methyl/N-ethyl adjacent to an activating group) is 1. The van der Waals surface area contributed by atoms with Crippen LogP contribution in [-0.2, 0) is 11.4 Å². The SMILES string of the molecule is CN1C(=O)/C(=C/c2cc(Cl)ccc2OCc2ccccc2F)SC1=S. The van der Waals surface area contributed by atoms with E-state index in [0.29, 0.717) is 31.1 Å². The zero-order valence-electron chi connectivity index (χ0n) is 13.2. The Hall–Kier alpha value is -1.89. The van der Waals surface area contributed by atoms with Crippen LogP contribution in [0.2, 0.25) is 5.02 Å². The Labute approximate surface area is 159 Å². The third-order valence-electron chi connectivity index (χ3n) is 3.59. The number of rotatable bonds is 4. The highest BCUT2D eigenvalue weighted by Gasteiger charge is 2.29. The summed E-state index contributed by atoms with van der Waals surface area (Å²) in [7, 11) is 1.63. The van der Waals surface area contributed by atoms with Gasteiger partial charge in [-0.1, -0.05) is 53.8 Å². The minimum Gasteiger partial charge on any atom is -0.488 e. The van der Waals surface area contributed by atoms with E-state index in [1.807, 2.05) is 0 Å². The second-order valence-electron chi connectivity index (χ2n) is 5.30. The first-order chi connectivity index (χ1) is 12.0. The Morgan fingerprint density at radius 3 is 2.76 bits per heavy atom. The first kappa shape index (κ1) is 17.9. The minimum atomic E-state index is -0.329. The number of thiocarbonyl (C=S) groups is 1. The molecule has 1 fully saturated rings. The molecular formula is C18H13ClFNO2S2. The van der Waals surface area contributed by atoms with Crippen LogP contribution in [-0.4, -0.2) is 22.2 Å². The molecule has 0 saturated carbocycles. The second kappa shape index (κ2) is 7.56.